The van der Waals surface area contributed by atoms with Gasteiger partial charge in [0.1, 0.15) is 17.0 Å². The molecule has 0 aliphatic carbocycles. The van der Waals surface area contributed by atoms with Crippen molar-refractivity contribution < 1.29 is 14.1 Å². The van der Waals surface area contributed by atoms with Crippen molar-refractivity contribution in [2.75, 3.05) is 5.75 Å². The van der Waals surface area contributed by atoms with Crippen LogP contribution in [0.3, 0.4) is 0 Å². The lowest BCUT2D eigenvalue weighted by atomic mass is 10.1. The van der Waals surface area contributed by atoms with E-state index in [0.29, 0.717) is 26.4 Å². The maximum Gasteiger partial charge on any atom is 0.275 e. The number of halogens is 2. The fraction of sp³-hybridized carbons (Fsp3) is 0.105. The summed E-state index contributed by atoms with van der Waals surface area (Å²) in [5, 5.41) is 4.97. The van der Waals surface area contributed by atoms with Crippen LogP contribution in [0, 0.1) is 6.92 Å². The largest absolute Gasteiger partial charge is 0.360 e. The summed E-state index contributed by atoms with van der Waals surface area (Å²) < 4.78 is 5.15. The topological polar surface area (TPSA) is 84.2 Å². The highest BCUT2D eigenvalue weighted by molar-refractivity contribution is 8.00. The Bertz CT molecular complexity index is 1010. The predicted octanol–water partition coefficient (Wildman–Crippen LogP) is 4.51. The molecule has 0 bridgehead atoms. The molecule has 2 amide bonds. The van der Waals surface area contributed by atoms with Gasteiger partial charge in [-0.2, -0.15) is 0 Å². The summed E-state index contributed by atoms with van der Waals surface area (Å²) in [5.41, 5.74) is 6.17. The molecule has 0 aliphatic rings. The Labute approximate surface area is 175 Å². The Balaban J connectivity index is 1.61. The van der Waals surface area contributed by atoms with E-state index in [1.54, 1.807) is 25.1 Å². The van der Waals surface area contributed by atoms with Crippen LogP contribution in [0.25, 0.3) is 11.3 Å². The van der Waals surface area contributed by atoms with Crippen LogP contribution in [-0.2, 0) is 4.79 Å². The van der Waals surface area contributed by atoms with Crippen LogP contribution in [0.1, 0.15) is 16.1 Å². The zero-order valence-corrected chi connectivity index (χ0v) is 17.0. The van der Waals surface area contributed by atoms with Gasteiger partial charge in [-0.15, -0.1) is 11.8 Å². The summed E-state index contributed by atoms with van der Waals surface area (Å²) in [7, 11) is 0. The van der Waals surface area contributed by atoms with E-state index in [1.165, 1.54) is 11.8 Å². The SMILES string of the molecule is Cc1onc(-c2ccccc2)c1C(=O)NNC(=O)CSc1cc(Cl)ccc1Cl. The molecule has 3 aromatic rings. The Hall–Kier alpha value is -2.48. The summed E-state index contributed by atoms with van der Waals surface area (Å²) in [6.07, 6.45) is 0. The third-order valence-electron chi connectivity index (χ3n) is 3.70. The molecular formula is C19H15Cl2N3O3S. The van der Waals surface area contributed by atoms with Gasteiger partial charge in [0, 0.05) is 15.5 Å². The lowest BCUT2D eigenvalue weighted by Crippen LogP contribution is -2.42. The van der Waals surface area contributed by atoms with E-state index in [0.717, 1.165) is 5.56 Å². The zero-order valence-electron chi connectivity index (χ0n) is 14.7. The van der Waals surface area contributed by atoms with Crippen molar-refractivity contribution in [3.05, 3.63) is 69.9 Å². The maximum absolute atomic E-state index is 12.5. The quantitative estimate of drug-likeness (QED) is 0.454. The van der Waals surface area contributed by atoms with E-state index in [4.69, 9.17) is 27.7 Å². The molecule has 0 unspecified atom stereocenters. The number of carbonyl (C=O) groups excluding carboxylic acids is 2. The van der Waals surface area contributed by atoms with Crippen molar-refractivity contribution in [1.82, 2.24) is 16.0 Å². The van der Waals surface area contributed by atoms with E-state index in [1.807, 2.05) is 30.3 Å². The van der Waals surface area contributed by atoms with Gasteiger partial charge in [-0.05, 0) is 25.1 Å². The molecular weight excluding hydrogens is 421 g/mol. The molecule has 6 nitrogen and oxygen atoms in total. The van der Waals surface area contributed by atoms with Crippen molar-refractivity contribution in [2.45, 2.75) is 11.8 Å². The van der Waals surface area contributed by atoms with E-state index in [-0.39, 0.29) is 11.3 Å². The number of aryl methyl sites for hydroxylation is 1. The van der Waals surface area contributed by atoms with Crippen LogP contribution in [-0.4, -0.2) is 22.7 Å². The van der Waals surface area contributed by atoms with E-state index < -0.39 is 11.8 Å². The number of aromatic nitrogens is 1. The molecule has 0 radical (unpaired) electrons. The number of nitrogens with zero attached hydrogens (tertiary/aromatic N) is 1. The lowest BCUT2D eigenvalue weighted by Gasteiger charge is -2.08. The first-order valence-electron chi connectivity index (χ1n) is 8.14. The highest BCUT2D eigenvalue weighted by Crippen LogP contribution is 2.29. The van der Waals surface area contributed by atoms with Gasteiger partial charge in [0.15, 0.2) is 0 Å². The molecule has 9 heteroatoms. The second-order valence-corrected chi connectivity index (χ2v) is 7.55. The number of amides is 2. The standard InChI is InChI=1S/C19H15Cl2N3O3S/c1-11-17(18(24-27-11)12-5-3-2-4-6-12)19(26)23-22-16(25)10-28-15-9-13(20)7-8-14(15)21/h2-9H,10H2,1H3,(H,22,25)(H,23,26). The average molecular weight is 436 g/mol. The minimum atomic E-state index is -0.517. The smallest absolute Gasteiger partial charge is 0.275 e. The fourth-order valence-electron chi connectivity index (χ4n) is 2.39. The number of hydrazine groups is 1. The Morgan fingerprint density at radius 2 is 1.86 bits per heavy atom. The zero-order chi connectivity index (χ0) is 20.1. The predicted molar refractivity (Wildman–Crippen MR) is 109 cm³/mol. The normalized spacial score (nSPS) is 10.5. The van der Waals surface area contributed by atoms with Crippen LogP contribution >= 0.6 is 35.0 Å². The maximum atomic E-state index is 12.5. The fourth-order valence-corrected chi connectivity index (χ4v) is 3.68. The summed E-state index contributed by atoms with van der Waals surface area (Å²) >= 11 is 13.2. The first-order valence-corrected chi connectivity index (χ1v) is 9.88. The molecule has 0 atom stereocenters. The molecule has 0 saturated heterocycles. The minimum Gasteiger partial charge on any atom is -0.360 e. The highest BCUT2D eigenvalue weighted by Gasteiger charge is 2.21. The molecule has 144 valence electrons. The summed E-state index contributed by atoms with van der Waals surface area (Å²) in [6, 6.07) is 14.2. The van der Waals surface area contributed by atoms with Gasteiger partial charge in [0.2, 0.25) is 5.91 Å². The minimum absolute atomic E-state index is 0.0501. The molecule has 2 aromatic carbocycles. The molecule has 2 N–H and O–H groups in total. The first kappa shape index (κ1) is 20.3. The lowest BCUT2D eigenvalue weighted by molar-refractivity contribution is -0.119. The first-order chi connectivity index (χ1) is 13.5. The van der Waals surface area contributed by atoms with Crippen molar-refractivity contribution in [3.8, 4) is 11.3 Å². The van der Waals surface area contributed by atoms with Crippen LogP contribution < -0.4 is 10.9 Å². The van der Waals surface area contributed by atoms with Gasteiger partial charge in [-0.1, -0.05) is 58.7 Å². The number of hydrogen-bond acceptors (Lipinski definition) is 5. The molecule has 28 heavy (non-hydrogen) atoms. The average Bonchev–Trinajstić information content (AvgIpc) is 3.09. The van der Waals surface area contributed by atoms with Gasteiger partial charge in [0.25, 0.3) is 5.91 Å². The van der Waals surface area contributed by atoms with Crippen LogP contribution in [0.4, 0.5) is 0 Å². The Morgan fingerprint density at radius 3 is 2.61 bits per heavy atom. The monoisotopic (exact) mass is 435 g/mol. The van der Waals surface area contributed by atoms with Gasteiger partial charge in [0.05, 0.1) is 10.8 Å². The van der Waals surface area contributed by atoms with Crippen molar-refractivity contribution in [2.24, 2.45) is 0 Å². The number of nitrogens with one attached hydrogen (secondary N) is 2. The van der Waals surface area contributed by atoms with Crippen molar-refractivity contribution >= 4 is 46.8 Å². The van der Waals surface area contributed by atoms with E-state index in [9.17, 15) is 9.59 Å². The summed E-state index contributed by atoms with van der Waals surface area (Å²) in [4.78, 5) is 25.3. The van der Waals surface area contributed by atoms with E-state index >= 15 is 0 Å². The van der Waals surface area contributed by atoms with Crippen molar-refractivity contribution in [1.29, 1.82) is 0 Å². The molecule has 0 fully saturated rings. The number of hydrogen-bond donors (Lipinski definition) is 2. The second-order valence-electron chi connectivity index (χ2n) is 5.69. The van der Waals surface area contributed by atoms with Gasteiger partial charge < -0.3 is 4.52 Å². The highest BCUT2D eigenvalue weighted by atomic mass is 35.5. The Morgan fingerprint density at radius 1 is 1.11 bits per heavy atom. The molecule has 0 spiro atoms. The van der Waals surface area contributed by atoms with Crippen LogP contribution in [0.2, 0.25) is 10.0 Å². The molecule has 3 rings (SSSR count). The number of carbonyl (C=O) groups is 2. The number of thioether (sulfide) groups is 1. The van der Waals surface area contributed by atoms with Gasteiger partial charge >= 0.3 is 0 Å². The molecule has 0 saturated carbocycles. The molecule has 1 heterocycles. The summed E-state index contributed by atoms with van der Waals surface area (Å²) in [5.74, 6) is -0.513. The van der Waals surface area contributed by atoms with Gasteiger partial charge in [-0.3, -0.25) is 20.4 Å². The van der Waals surface area contributed by atoms with Crippen LogP contribution in [0.5, 0.6) is 0 Å². The third-order valence-corrected chi connectivity index (χ3v) is 5.44. The van der Waals surface area contributed by atoms with Crippen molar-refractivity contribution in [3.63, 3.8) is 0 Å². The number of benzene rings is 2. The van der Waals surface area contributed by atoms with Crippen LogP contribution in [0.15, 0.2) is 57.9 Å². The molecule has 0 aliphatic heterocycles. The second kappa shape index (κ2) is 9.14. The number of rotatable bonds is 5. The Kier molecular flexibility index (Phi) is 6.61. The third kappa shape index (κ3) is 4.86. The van der Waals surface area contributed by atoms with Gasteiger partial charge in [-0.25, -0.2) is 0 Å². The summed E-state index contributed by atoms with van der Waals surface area (Å²) in [6.45, 7) is 1.63. The van der Waals surface area contributed by atoms with E-state index in [2.05, 4.69) is 16.0 Å². The molecule has 1 aromatic heterocycles.